The first-order valence-corrected chi connectivity index (χ1v) is 7.23. The third kappa shape index (κ3) is 2.48. The molecule has 5 heteroatoms. The van der Waals surface area contributed by atoms with Crippen molar-refractivity contribution >= 4 is 11.9 Å². The van der Waals surface area contributed by atoms with Crippen LogP contribution < -0.4 is 0 Å². The Morgan fingerprint density at radius 1 is 1.16 bits per heavy atom. The third-order valence-electron chi connectivity index (χ3n) is 4.73. The lowest BCUT2D eigenvalue weighted by Gasteiger charge is -2.20. The molecule has 1 amide bonds. The summed E-state index contributed by atoms with van der Waals surface area (Å²) < 4.78 is 5.60. The third-order valence-corrected chi connectivity index (χ3v) is 4.73. The lowest BCUT2D eigenvalue weighted by molar-refractivity contribution is -0.144. The van der Waals surface area contributed by atoms with Crippen molar-refractivity contribution in [2.45, 2.75) is 44.8 Å². The molecule has 3 aliphatic rings. The fourth-order valence-corrected chi connectivity index (χ4v) is 3.46. The highest BCUT2D eigenvalue weighted by molar-refractivity contribution is 5.83. The van der Waals surface area contributed by atoms with Gasteiger partial charge >= 0.3 is 5.97 Å². The van der Waals surface area contributed by atoms with Crippen molar-refractivity contribution in [3.63, 3.8) is 0 Å². The van der Waals surface area contributed by atoms with E-state index in [4.69, 9.17) is 4.74 Å². The van der Waals surface area contributed by atoms with Gasteiger partial charge in [0.05, 0.1) is 12.0 Å². The van der Waals surface area contributed by atoms with Gasteiger partial charge in [0.15, 0.2) is 0 Å². The molecule has 2 heterocycles. The van der Waals surface area contributed by atoms with E-state index in [1.54, 1.807) is 4.90 Å². The summed E-state index contributed by atoms with van der Waals surface area (Å²) in [6.07, 6.45) is 3.72. The number of hydrogen-bond donors (Lipinski definition) is 1. The maximum absolute atomic E-state index is 12.4. The molecule has 0 aromatic carbocycles. The molecule has 2 unspecified atom stereocenters. The molecule has 3 fully saturated rings. The molecule has 1 N–H and O–H groups in total. The summed E-state index contributed by atoms with van der Waals surface area (Å²) in [6, 6.07) is 0. The van der Waals surface area contributed by atoms with Crippen LogP contribution in [0.4, 0.5) is 0 Å². The second kappa shape index (κ2) is 4.78. The summed E-state index contributed by atoms with van der Waals surface area (Å²) in [5, 5.41) is 9.30. The van der Waals surface area contributed by atoms with E-state index in [2.05, 4.69) is 0 Å². The fraction of sp³-hybridized carbons (Fsp3) is 0.857. The van der Waals surface area contributed by atoms with Crippen LogP contribution in [-0.4, -0.2) is 47.2 Å². The molecule has 2 aliphatic heterocycles. The average molecular weight is 267 g/mol. The molecule has 1 saturated carbocycles. The lowest BCUT2D eigenvalue weighted by atomic mass is 9.92. The van der Waals surface area contributed by atoms with Crippen molar-refractivity contribution < 1.29 is 19.4 Å². The summed E-state index contributed by atoms with van der Waals surface area (Å²) in [4.78, 5) is 25.4. The van der Waals surface area contributed by atoms with Crippen LogP contribution in [0.15, 0.2) is 0 Å². The number of carboxylic acids is 1. The van der Waals surface area contributed by atoms with Gasteiger partial charge in [-0.1, -0.05) is 0 Å². The monoisotopic (exact) mass is 267 g/mol. The van der Waals surface area contributed by atoms with Crippen LogP contribution in [0.5, 0.6) is 0 Å². The Morgan fingerprint density at radius 3 is 2.42 bits per heavy atom. The molecule has 0 radical (unpaired) electrons. The Kier molecular flexibility index (Phi) is 3.25. The zero-order valence-electron chi connectivity index (χ0n) is 11.2. The molecule has 1 aliphatic carbocycles. The Morgan fingerprint density at radius 2 is 1.89 bits per heavy atom. The van der Waals surface area contributed by atoms with Crippen molar-refractivity contribution in [1.82, 2.24) is 4.90 Å². The highest BCUT2D eigenvalue weighted by Gasteiger charge is 2.48. The van der Waals surface area contributed by atoms with Gasteiger partial charge in [-0.05, 0) is 44.4 Å². The molecule has 0 aromatic rings. The molecule has 0 spiro atoms. The molecule has 0 bridgehead atoms. The highest BCUT2D eigenvalue weighted by Crippen LogP contribution is 2.44. The average Bonchev–Trinajstić information content (AvgIpc) is 2.96. The van der Waals surface area contributed by atoms with Crippen LogP contribution >= 0.6 is 0 Å². The van der Waals surface area contributed by atoms with Gasteiger partial charge in [0.2, 0.25) is 0 Å². The van der Waals surface area contributed by atoms with E-state index in [9.17, 15) is 14.7 Å². The first-order valence-electron chi connectivity index (χ1n) is 7.23. The van der Waals surface area contributed by atoms with Crippen LogP contribution in [0.3, 0.4) is 0 Å². The van der Waals surface area contributed by atoms with E-state index in [1.165, 1.54) is 0 Å². The quantitative estimate of drug-likeness (QED) is 0.832. The predicted octanol–water partition coefficient (Wildman–Crippen LogP) is 1.12. The predicted molar refractivity (Wildman–Crippen MR) is 67.5 cm³/mol. The van der Waals surface area contributed by atoms with Gasteiger partial charge in [-0.25, -0.2) is 0 Å². The number of ether oxygens (including phenoxy) is 1. The molecule has 4 atom stereocenters. The fourth-order valence-electron chi connectivity index (χ4n) is 3.46. The topological polar surface area (TPSA) is 66.8 Å². The van der Waals surface area contributed by atoms with Crippen LogP contribution in [-0.2, 0) is 14.3 Å². The van der Waals surface area contributed by atoms with E-state index >= 15 is 0 Å². The number of carboxylic acid groups (broad SMARTS) is 1. The van der Waals surface area contributed by atoms with Gasteiger partial charge in [0.25, 0.3) is 5.91 Å². The van der Waals surface area contributed by atoms with Gasteiger partial charge in [0.1, 0.15) is 6.10 Å². The highest BCUT2D eigenvalue weighted by atomic mass is 16.5. The Bertz CT molecular complexity index is 393. The van der Waals surface area contributed by atoms with Crippen molar-refractivity contribution in [3.8, 4) is 0 Å². The number of carbonyl (C=O) groups excluding carboxylic acids is 1. The van der Waals surface area contributed by atoms with E-state index in [0.29, 0.717) is 19.0 Å². The lowest BCUT2D eigenvalue weighted by Crippen LogP contribution is -2.38. The van der Waals surface area contributed by atoms with Crippen LogP contribution in [0, 0.1) is 17.8 Å². The maximum atomic E-state index is 12.4. The zero-order valence-corrected chi connectivity index (χ0v) is 11.2. The minimum Gasteiger partial charge on any atom is -0.481 e. The van der Waals surface area contributed by atoms with Gasteiger partial charge in [-0.3, -0.25) is 9.59 Å². The number of amides is 1. The Balaban J connectivity index is 1.65. The van der Waals surface area contributed by atoms with Crippen molar-refractivity contribution in [2.75, 3.05) is 13.1 Å². The van der Waals surface area contributed by atoms with Gasteiger partial charge < -0.3 is 14.7 Å². The van der Waals surface area contributed by atoms with Crippen molar-refractivity contribution in [3.05, 3.63) is 0 Å². The first kappa shape index (κ1) is 12.9. The summed E-state index contributed by atoms with van der Waals surface area (Å²) in [5.41, 5.74) is 0. The SMILES string of the molecule is CC1CCC(C(=O)N2C[C@H](C(=O)O)[C@@H](C3CC3)C2)O1. The normalized spacial score (nSPS) is 38.7. The minimum atomic E-state index is -0.757. The first-order chi connectivity index (χ1) is 9.06. The summed E-state index contributed by atoms with van der Waals surface area (Å²) in [7, 11) is 0. The number of carbonyl (C=O) groups is 2. The molecule has 2 saturated heterocycles. The zero-order chi connectivity index (χ0) is 13.6. The van der Waals surface area contributed by atoms with Crippen LogP contribution in [0.2, 0.25) is 0 Å². The minimum absolute atomic E-state index is 0.00116. The summed E-state index contributed by atoms with van der Waals surface area (Å²) in [6.45, 7) is 2.95. The number of rotatable bonds is 3. The van der Waals surface area contributed by atoms with Crippen molar-refractivity contribution in [1.29, 1.82) is 0 Å². The number of nitrogens with zero attached hydrogens (tertiary/aromatic N) is 1. The molecule has 3 rings (SSSR count). The van der Waals surface area contributed by atoms with Crippen molar-refractivity contribution in [2.24, 2.45) is 17.8 Å². The number of hydrogen-bond acceptors (Lipinski definition) is 3. The standard InChI is InChI=1S/C14H21NO4/c1-8-2-5-12(19-8)13(16)15-6-10(9-3-4-9)11(7-15)14(17)18/h8-12H,2-7H2,1H3,(H,17,18)/t8?,10-,11+,12?/m1/s1. The maximum Gasteiger partial charge on any atom is 0.308 e. The van der Waals surface area contributed by atoms with E-state index in [-0.39, 0.29) is 30.0 Å². The number of aliphatic carboxylic acids is 1. The van der Waals surface area contributed by atoms with E-state index in [1.807, 2.05) is 6.92 Å². The van der Waals surface area contributed by atoms with Crippen LogP contribution in [0.1, 0.15) is 32.6 Å². The van der Waals surface area contributed by atoms with Crippen LogP contribution in [0.25, 0.3) is 0 Å². The van der Waals surface area contributed by atoms with Gasteiger partial charge in [-0.15, -0.1) is 0 Å². The Labute approximate surface area is 112 Å². The Hall–Kier alpha value is -1.10. The molecule has 5 nitrogen and oxygen atoms in total. The smallest absolute Gasteiger partial charge is 0.308 e. The molecular formula is C14H21NO4. The second-order valence-electron chi connectivity index (χ2n) is 6.20. The molecule has 19 heavy (non-hydrogen) atoms. The molecular weight excluding hydrogens is 246 g/mol. The van der Waals surface area contributed by atoms with E-state index < -0.39 is 5.97 Å². The van der Waals surface area contributed by atoms with Gasteiger partial charge in [-0.2, -0.15) is 0 Å². The summed E-state index contributed by atoms with van der Waals surface area (Å²) in [5.74, 6) is -0.468. The second-order valence-corrected chi connectivity index (χ2v) is 6.20. The van der Waals surface area contributed by atoms with Gasteiger partial charge in [0, 0.05) is 13.1 Å². The largest absolute Gasteiger partial charge is 0.481 e. The molecule has 106 valence electrons. The molecule has 0 aromatic heterocycles. The summed E-state index contributed by atoms with van der Waals surface area (Å²) >= 11 is 0. The van der Waals surface area contributed by atoms with E-state index in [0.717, 1.165) is 25.7 Å². The number of likely N-dealkylation sites (tertiary alicyclic amines) is 1.